The Labute approximate surface area is 246 Å². The molecule has 0 saturated heterocycles. The van der Waals surface area contributed by atoms with Gasteiger partial charge in [-0.3, -0.25) is 9.98 Å². The van der Waals surface area contributed by atoms with Gasteiger partial charge in [0.15, 0.2) is 12.4 Å². The number of allylic oxidation sites excluding steroid dienone is 6. The van der Waals surface area contributed by atoms with Crippen LogP contribution in [-0.2, 0) is 4.74 Å². The van der Waals surface area contributed by atoms with Crippen molar-refractivity contribution in [3.8, 4) is 0 Å². The van der Waals surface area contributed by atoms with E-state index in [1.807, 2.05) is 52.2 Å². The van der Waals surface area contributed by atoms with E-state index in [9.17, 15) is 22.7 Å². The number of hydrogen-bond acceptors (Lipinski definition) is 4. The van der Waals surface area contributed by atoms with Gasteiger partial charge in [0, 0.05) is 37.6 Å². The molecule has 1 aromatic heterocycles. The molecule has 0 bridgehead atoms. The van der Waals surface area contributed by atoms with Crippen LogP contribution in [0.25, 0.3) is 5.57 Å². The van der Waals surface area contributed by atoms with Crippen molar-refractivity contribution in [1.82, 2.24) is 10.3 Å². The molecule has 2 aliphatic rings. The molecule has 5 nitrogen and oxygen atoms in total. The van der Waals surface area contributed by atoms with Crippen LogP contribution < -0.4 is 5.32 Å². The van der Waals surface area contributed by atoms with Crippen LogP contribution in [0.15, 0.2) is 99.6 Å². The lowest BCUT2D eigenvalue weighted by atomic mass is 9.95. The standard InChI is InChI=1S/C17H21N3O.C10H7ClF4O.2C2H6/c1-12(13(2)21)14-6-7-16(11-20-17(9-14)18-3)15-5-4-8-19-10-15;1-6-4-8(12)9(3-2-7(6)11)16-5-10(13,14)15;2*1-2/h4-6,8,10-11,13,21H,1,7,9H2,2-3H3,(H,18,20);2-3H,5H2,1H3;2*1-2H3/b14-6+,16-11+;;;. The van der Waals surface area contributed by atoms with Crippen molar-refractivity contribution in [2.45, 2.75) is 66.7 Å². The maximum atomic E-state index is 13.2. The van der Waals surface area contributed by atoms with Gasteiger partial charge in [0.05, 0.1) is 11.1 Å². The predicted molar refractivity (Wildman–Crippen MR) is 161 cm³/mol. The van der Waals surface area contributed by atoms with Crippen LogP contribution in [0.2, 0.25) is 0 Å². The number of pyridine rings is 1. The Morgan fingerprint density at radius 2 is 1.93 bits per heavy atom. The summed E-state index contributed by atoms with van der Waals surface area (Å²) in [6, 6.07) is 3.95. The summed E-state index contributed by atoms with van der Waals surface area (Å²) in [6.07, 6.45) is 6.31. The number of rotatable bonds is 5. The molecule has 1 unspecified atom stereocenters. The maximum Gasteiger partial charge on any atom is 0.422 e. The smallest absolute Gasteiger partial charge is 0.422 e. The summed E-state index contributed by atoms with van der Waals surface area (Å²) in [5.74, 6) is -0.690. The van der Waals surface area contributed by atoms with E-state index in [1.165, 1.54) is 13.0 Å². The van der Waals surface area contributed by atoms with Crippen LogP contribution in [0.5, 0.6) is 0 Å². The summed E-state index contributed by atoms with van der Waals surface area (Å²) in [4.78, 5) is 8.41. The Bertz CT molecular complexity index is 1210. The minimum absolute atomic E-state index is 0.195. The highest BCUT2D eigenvalue weighted by atomic mass is 35.5. The summed E-state index contributed by atoms with van der Waals surface area (Å²) in [5, 5.41) is 13.2. The zero-order chi connectivity index (χ0) is 31.6. The van der Waals surface area contributed by atoms with Crippen LogP contribution in [-0.4, -0.2) is 41.9 Å². The molecule has 1 aliphatic heterocycles. The number of nitrogens with zero attached hydrogens (tertiary/aromatic N) is 2. The van der Waals surface area contributed by atoms with E-state index in [2.05, 4.69) is 38.4 Å². The Balaban J connectivity index is 0.000000717. The number of aliphatic hydroxyl groups is 1. The Morgan fingerprint density at radius 3 is 2.46 bits per heavy atom. The molecule has 0 amide bonds. The predicted octanol–water partition coefficient (Wildman–Crippen LogP) is 8.73. The number of nitrogens with one attached hydrogen (secondary N) is 1. The van der Waals surface area contributed by atoms with Crippen LogP contribution >= 0.6 is 11.6 Å². The van der Waals surface area contributed by atoms with E-state index in [0.29, 0.717) is 12.0 Å². The number of alkyl halides is 3. The second-order valence-electron chi connectivity index (χ2n) is 8.05. The zero-order valence-electron chi connectivity index (χ0n) is 24.7. The molecule has 0 spiro atoms. The van der Waals surface area contributed by atoms with E-state index >= 15 is 0 Å². The number of aliphatic hydroxyl groups excluding tert-OH is 1. The molecule has 0 saturated carbocycles. The third kappa shape index (κ3) is 14.2. The van der Waals surface area contributed by atoms with Crippen molar-refractivity contribution in [1.29, 1.82) is 0 Å². The number of aliphatic imine (C=N–C) groups is 1. The van der Waals surface area contributed by atoms with Crippen LogP contribution in [0.3, 0.4) is 0 Å². The van der Waals surface area contributed by atoms with Crippen molar-refractivity contribution in [3.05, 3.63) is 100 Å². The number of halogens is 5. The Hall–Kier alpha value is -3.39. The van der Waals surface area contributed by atoms with E-state index in [-0.39, 0.29) is 5.03 Å². The summed E-state index contributed by atoms with van der Waals surface area (Å²) >= 11 is 5.65. The first-order chi connectivity index (χ1) is 19.4. The fourth-order valence-electron chi connectivity index (χ4n) is 3.08. The van der Waals surface area contributed by atoms with Gasteiger partial charge in [-0.15, -0.1) is 0 Å². The van der Waals surface area contributed by atoms with Crippen molar-refractivity contribution >= 4 is 23.0 Å². The summed E-state index contributed by atoms with van der Waals surface area (Å²) in [7, 11) is 1.75. The van der Waals surface area contributed by atoms with Gasteiger partial charge in [-0.2, -0.15) is 17.6 Å². The van der Waals surface area contributed by atoms with Gasteiger partial charge in [0.1, 0.15) is 5.84 Å². The van der Waals surface area contributed by atoms with Gasteiger partial charge in [-0.05, 0) is 60.8 Å². The molecular weight excluding hydrogens is 558 g/mol. The van der Waals surface area contributed by atoms with Gasteiger partial charge >= 0.3 is 6.18 Å². The van der Waals surface area contributed by atoms with E-state index < -0.39 is 30.5 Å². The lowest BCUT2D eigenvalue weighted by molar-refractivity contribution is -0.164. The fourth-order valence-corrected chi connectivity index (χ4v) is 3.19. The van der Waals surface area contributed by atoms with Crippen molar-refractivity contribution in [2.24, 2.45) is 4.99 Å². The molecule has 1 atom stereocenters. The molecule has 2 N–H and O–H groups in total. The van der Waals surface area contributed by atoms with Gasteiger partial charge < -0.3 is 15.2 Å². The summed E-state index contributed by atoms with van der Waals surface area (Å²) in [6.45, 7) is 13.6. The summed E-state index contributed by atoms with van der Waals surface area (Å²) < 4.78 is 53.0. The lowest BCUT2D eigenvalue weighted by Crippen LogP contribution is -2.21. The average molecular weight is 598 g/mol. The summed E-state index contributed by atoms with van der Waals surface area (Å²) in [5.41, 5.74) is 6.43. The minimum Gasteiger partial charge on any atom is -0.480 e. The molecule has 1 aliphatic carbocycles. The molecular formula is C31H40ClF4N3O2. The molecule has 1 aromatic rings. The first-order valence-electron chi connectivity index (χ1n) is 13.2. The highest BCUT2D eigenvalue weighted by molar-refractivity contribution is 6.32. The van der Waals surface area contributed by atoms with Crippen molar-refractivity contribution in [2.75, 3.05) is 13.7 Å². The van der Waals surface area contributed by atoms with Crippen LogP contribution in [0, 0.1) is 0 Å². The lowest BCUT2D eigenvalue weighted by Gasteiger charge is -2.18. The molecule has 0 radical (unpaired) electrons. The largest absolute Gasteiger partial charge is 0.480 e. The van der Waals surface area contributed by atoms with E-state index in [1.54, 1.807) is 20.2 Å². The number of aromatic nitrogens is 1. The third-order valence-corrected chi connectivity index (χ3v) is 5.61. The van der Waals surface area contributed by atoms with Crippen LogP contribution in [0.4, 0.5) is 17.6 Å². The molecule has 3 rings (SSSR count). The SMILES string of the molecule is C=C(/C1=C/C/C(c2cccnc2)=C\NC(=NC)C1)C(C)O.CC.CC.CC1=C=C(F)C(OCC(F)(F)F)=CC=C1Cl. The fraction of sp³-hybridized carbons (Fsp3) is 0.387. The van der Waals surface area contributed by atoms with Gasteiger partial charge in [0.25, 0.3) is 0 Å². The van der Waals surface area contributed by atoms with Crippen molar-refractivity contribution < 1.29 is 27.4 Å². The van der Waals surface area contributed by atoms with E-state index in [4.69, 9.17) is 11.6 Å². The van der Waals surface area contributed by atoms with Crippen molar-refractivity contribution in [3.63, 3.8) is 0 Å². The molecule has 41 heavy (non-hydrogen) atoms. The Morgan fingerprint density at radius 1 is 1.27 bits per heavy atom. The number of ether oxygens (including phenoxy) is 1. The molecule has 10 heteroatoms. The molecule has 2 heterocycles. The van der Waals surface area contributed by atoms with E-state index in [0.717, 1.165) is 40.6 Å². The quantitative estimate of drug-likeness (QED) is 0.263. The zero-order valence-corrected chi connectivity index (χ0v) is 25.4. The van der Waals surface area contributed by atoms with Gasteiger partial charge in [-0.1, -0.05) is 63.7 Å². The number of hydrogen-bond donors (Lipinski definition) is 2. The van der Waals surface area contributed by atoms with Crippen LogP contribution in [0.1, 0.15) is 59.9 Å². The maximum absolute atomic E-state index is 13.2. The topological polar surface area (TPSA) is 66.7 Å². The second-order valence-corrected chi connectivity index (χ2v) is 8.46. The third-order valence-electron chi connectivity index (χ3n) is 5.20. The Kier molecular flexibility index (Phi) is 18.0. The molecule has 0 fully saturated rings. The second kappa shape index (κ2) is 19.6. The highest BCUT2D eigenvalue weighted by Gasteiger charge is 2.29. The first-order valence-corrected chi connectivity index (χ1v) is 13.6. The number of amidine groups is 1. The normalized spacial score (nSPS) is 19.1. The molecule has 226 valence electrons. The first kappa shape index (κ1) is 37.6. The highest BCUT2D eigenvalue weighted by Crippen LogP contribution is 2.26. The average Bonchev–Trinajstić information content (AvgIpc) is 3.06. The monoisotopic (exact) mass is 597 g/mol. The minimum atomic E-state index is -4.51. The molecule has 0 aromatic carbocycles. The van der Waals surface area contributed by atoms with Gasteiger partial charge in [0.2, 0.25) is 5.83 Å². The van der Waals surface area contributed by atoms with Gasteiger partial charge in [-0.25, -0.2) is 0 Å².